The molecule has 0 N–H and O–H groups in total. The molecular weight excluding hydrogens is 263 g/mol. The number of likely N-dealkylation sites (tertiary alicyclic amines) is 1. The number of halogens is 1. The molecule has 3 rings (SSSR count). The van der Waals surface area contributed by atoms with Crippen LogP contribution in [0, 0.1) is 0 Å². The summed E-state index contributed by atoms with van der Waals surface area (Å²) < 4.78 is 24.3. The number of morpholine rings is 1. The molecule has 0 saturated carbocycles. The molecule has 6 heteroatoms. The Labute approximate surface area is 117 Å². The number of furan rings is 1. The largest absolute Gasteiger partial charge is 0.468 e. The molecule has 1 aromatic heterocycles. The van der Waals surface area contributed by atoms with Crippen LogP contribution >= 0.6 is 0 Å². The van der Waals surface area contributed by atoms with Crippen LogP contribution in [0.2, 0.25) is 0 Å². The van der Waals surface area contributed by atoms with Gasteiger partial charge < -0.3 is 14.1 Å². The minimum absolute atomic E-state index is 0.0139. The van der Waals surface area contributed by atoms with Crippen LogP contribution < -0.4 is 0 Å². The summed E-state index contributed by atoms with van der Waals surface area (Å²) in [6.07, 6.45) is 0.925. The lowest BCUT2D eigenvalue weighted by atomic mass is 10.1. The van der Waals surface area contributed by atoms with E-state index in [0.29, 0.717) is 39.4 Å². The number of ether oxygens (including phenoxy) is 1. The van der Waals surface area contributed by atoms with Gasteiger partial charge in [0.15, 0.2) is 0 Å². The second kappa shape index (κ2) is 5.93. The molecule has 20 heavy (non-hydrogen) atoms. The third kappa shape index (κ3) is 2.86. The van der Waals surface area contributed by atoms with Gasteiger partial charge in [-0.25, -0.2) is 4.39 Å². The molecule has 2 fully saturated rings. The van der Waals surface area contributed by atoms with Crippen molar-refractivity contribution in [3.8, 4) is 0 Å². The second-order valence-corrected chi connectivity index (χ2v) is 5.30. The molecule has 1 aromatic rings. The standard InChI is InChI=1S/C14H19FN2O3/c15-11-8-13(14(18)16-3-6-19-7-4-16)17(9-11)10-12-2-1-5-20-12/h1-2,5,11,13H,3-4,6-10H2/t11-,13+/m1/s1. The van der Waals surface area contributed by atoms with Crippen LogP contribution in [0.1, 0.15) is 12.2 Å². The van der Waals surface area contributed by atoms with Crippen molar-refractivity contribution in [1.29, 1.82) is 0 Å². The Bertz CT molecular complexity index is 445. The van der Waals surface area contributed by atoms with Gasteiger partial charge in [-0.2, -0.15) is 0 Å². The molecule has 0 aromatic carbocycles. The molecule has 3 heterocycles. The van der Waals surface area contributed by atoms with Crippen LogP contribution in [0.25, 0.3) is 0 Å². The van der Waals surface area contributed by atoms with Crippen molar-refractivity contribution in [3.63, 3.8) is 0 Å². The highest BCUT2D eigenvalue weighted by molar-refractivity contribution is 5.82. The monoisotopic (exact) mass is 282 g/mol. The highest BCUT2D eigenvalue weighted by Crippen LogP contribution is 2.24. The zero-order valence-corrected chi connectivity index (χ0v) is 11.3. The smallest absolute Gasteiger partial charge is 0.240 e. The molecule has 2 atom stereocenters. The molecule has 0 spiro atoms. The van der Waals surface area contributed by atoms with Crippen molar-refractivity contribution in [2.45, 2.75) is 25.2 Å². The Morgan fingerprint density at radius 2 is 2.20 bits per heavy atom. The van der Waals surface area contributed by atoms with Crippen molar-refractivity contribution < 1.29 is 18.3 Å². The zero-order chi connectivity index (χ0) is 13.9. The van der Waals surface area contributed by atoms with E-state index in [9.17, 15) is 9.18 Å². The van der Waals surface area contributed by atoms with E-state index in [1.54, 1.807) is 17.2 Å². The molecule has 0 radical (unpaired) electrons. The molecule has 5 nitrogen and oxygen atoms in total. The lowest BCUT2D eigenvalue weighted by Gasteiger charge is -2.32. The van der Waals surface area contributed by atoms with Gasteiger partial charge in [-0.1, -0.05) is 0 Å². The van der Waals surface area contributed by atoms with Gasteiger partial charge in [-0.15, -0.1) is 0 Å². The fraction of sp³-hybridized carbons (Fsp3) is 0.643. The van der Waals surface area contributed by atoms with Crippen LogP contribution in [0.15, 0.2) is 22.8 Å². The van der Waals surface area contributed by atoms with Gasteiger partial charge in [0.25, 0.3) is 0 Å². The van der Waals surface area contributed by atoms with Crippen LogP contribution in [0.5, 0.6) is 0 Å². The summed E-state index contributed by atoms with van der Waals surface area (Å²) in [6.45, 7) is 3.10. The summed E-state index contributed by atoms with van der Waals surface area (Å²) in [5, 5.41) is 0. The fourth-order valence-electron chi connectivity index (χ4n) is 2.88. The van der Waals surface area contributed by atoms with Crippen LogP contribution in [0.3, 0.4) is 0 Å². The van der Waals surface area contributed by atoms with Crippen LogP contribution in [-0.4, -0.2) is 60.8 Å². The highest BCUT2D eigenvalue weighted by atomic mass is 19.1. The van der Waals surface area contributed by atoms with Gasteiger partial charge >= 0.3 is 0 Å². The molecule has 0 unspecified atom stereocenters. The van der Waals surface area contributed by atoms with Crippen molar-refractivity contribution >= 4 is 5.91 Å². The van der Waals surface area contributed by atoms with Gasteiger partial charge in [0, 0.05) is 26.1 Å². The van der Waals surface area contributed by atoms with Gasteiger partial charge in [0.1, 0.15) is 11.9 Å². The van der Waals surface area contributed by atoms with Crippen molar-refractivity contribution in [3.05, 3.63) is 24.2 Å². The average Bonchev–Trinajstić information content (AvgIpc) is 3.09. The van der Waals surface area contributed by atoms with E-state index >= 15 is 0 Å². The lowest BCUT2D eigenvalue weighted by molar-refractivity contribution is -0.140. The highest BCUT2D eigenvalue weighted by Gasteiger charge is 2.39. The van der Waals surface area contributed by atoms with Gasteiger partial charge in [-0.3, -0.25) is 9.69 Å². The Morgan fingerprint density at radius 3 is 2.90 bits per heavy atom. The second-order valence-electron chi connectivity index (χ2n) is 5.30. The van der Waals surface area contributed by atoms with Crippen molar-refractivity contribution in [1.82, 2.24) is 9.80 Å². The number of nitrogens with zero attached hydrogens (tertiary/aromatic N) is 2. The number of amides is 1. The van der Waals surface area contributed by atoms with Crippen molar-refractivity contribution in [2.75, 3.05) is 32.8 Å². The van der Waals surface area contributed by atoms with Crippen LogP contribution in [0.4, 0.5) is 4.39 Å². The molecule has 0 bridgehead atoms. The first kappa shape index (κ1) is 13.6. The summed E-state index contributed by atoms with van der Waals surface area (Å²) in [7, 11) is 0. The average molecular weight is 282 g/mol. The van der Waals surface area contributed by atoms with Crippen LogP contribution in [-0.2, 0) is 16.1 Å². The number of hydrogen-bond donors (Lipinski definition) is 0. The number of rotatable bonds is 3. The summed E-state index contributed by atoms with van der Waals surface area (Å²) in [6, 6.07) is 3.27. The van der Waals surface area contributed by atoms with Gasteiger partial charge in [0.05, 0.1) is 32.1 Å². The van der Waals surface area contributed by atoms with E-state index in [2.05, 4.69) is 0 Å². The van der Waals surface area contributed by atoms with Gasteiger partial charge in [0.2, 0.25) is 5.91 Å². The van der Waals surface area contributed by atoms with E-state index < -0.39 is 6.17 Å². The first-order valence-electron chi connectivity index (χ1n) is 7.01. The maximum atomic E-state index is 13.7. The zero-order valence-electron chi connectivity index (χ0n) is 11.3. The summed E-state index contributed by atoms with van der Waals surface area (Å²) in [5.74, 6) is 0.777. The van der Waals surface area contributed by atoms with Crippen molar-refractivity contribution in [2.24, 2.45) is 0 Å². The Kier molecular flexibility index (Phi) is 4.03. The maximum Gasteiger partial charge on any atom is 0.240 e. The summed E-state index contributed by atoms with van der Waals surface area (Å²) >= 11 is 0. The molecule has 110 valence electrons. The van der Waals surface area contributed by atoms with E-state index in [1.165, 1.54) is 0 Å². The lowest BCUT2D eigenvalue weighted by Crippen LogP contribution is -2.49. The minimum atomic E-state index is -0.944. The minimum Gasteiger partial charge on any atom is -0.468 e. The quantitative estimate of drug-likeness (QED) is 0.831. The summed E-state index contributed by atoms with van der Waals surface area (Å²) in [5.41, 5.74) is 0. The number of hydrogen-bond acceptors (Lipinski definition) is 4. The van der Waals surface area contributed by atoms with E-state index in [4.69, 9.17) is 9.15 Å². The molecule has 0 aliphatic carbocycles. The number of carbonyl (C=O) groups is 1. The molecule has 1 amide bonds. The Balaban J connectivity index is 1.67. The molecule has 2 aliphatic rings. The first-order valence-corrected chi connectivity index (χ1v) is 7.01. The fourth-order valence-corrected chi connectivity index (χ4v) is 2.88. The van der Waals surface area contributed by atoms with E-state index in [-0.39, 0.29) is 18.4 Å². The van der Waals surface area contributed by atoms with E-state index in [1.807, 2.05) is 11.0 Å². The molecule has 2 aliphatic heterocycles. The summed E-state index contributed by atoms with van der Waals surface area (Å²) in [4.78, 5) is 16.2. The normalized spacial score (nSPS) is 27.9. The third-order valence-electron chi connectivity index (χ3n) is 3.90. The predicted octanol–water partition coefficient (Wildman–Crippen LogP) is 1.05. The SMILES string of the molecule is O=C([C@@H]1C[C@@H](F)CN1Cc1ccco1)N1CCOCC1. The number of alkyl halides is 1. The Morgan fingerprint density at radius 1 is 1.40 bits per heavy atom. The third-order valence-corrected chi connectivity index (χ3v) is 3.90. The predicted molar refractivity (Wildman–Crippen MR) is 69.8 cm³/mol. The number of carbonyl (C=O) groups excluding carboxylic acids is 1. The first-order chi connectivity index (χ1) is 9.74. The molecule has 2 saturated heterocycles. The molecular formula is C14H19FN2O3. The van der Waals surface area contributed by atoms with Gasteiger partial charge in [-0.05, 0) is 12.1 Å². The van der Waals surface area contributed by atoms with E-state index in [0.717, 1.165) is 5.76 Å². The maximum absolute atomic E-state index is 13.7. The topological polar surface area (TPSA) is 45.9 Å². The Hall–Kier alpha value is -1.40.